The van der Waals surface area contributed by atoms with Crippen LogP contribution in [0.2, 0.25) is 0 Å². The fraction of sp³-hybridized carbons (Fsp3) is 0.278. The summed E-state index contributed by atoms with van der Waals surface area (Å²) in [5.74, 6) is 0. The number of hydrogen-bond acceptors (Lipinski definition) is 3. The van der Waals surface area contributed by atoms with Gasteiger partial charge in [-0.15, -0.1) is 0 Å². The molecule has 1 aliphatic heterocycles. The lowest BCUT2D eigenvalue weighted by Crippen LogP contribution is -2.29. The number of nitrogens with one attached hydrogen (secondary N) is 1. The number of anilines is 2. The zero-order valence-electron chi connectivity index (χ0n) is 12.2. The van der Waals surface area contributed by atoms with Gasteiger partial charge in [0.15, 0.2) is 0 Å². The average Bonchev–Trinajstić information content (AvgIpc) is 2.57. The molecule has 0 atom stereocenters. The Balaban J connectivity index is 1.59. The fourth-order valence-corrected chi connectivity index (χ4v) is 2.62. The highest BCUT2D eigenvalue weighted by Crippen LogP contribution is 2.19. The van der Waals surface area contributed by atoms with E-state index in [1.54, 1.807) is 0 Å². The first-order valence-corrected chi connectivity index (χ1v) is 7.61. The standard InChI is InChI=1S/C18H21N3/c1-3-7-17(8-4-1)20-19-15-16-9-11-18(12-10-16)21-13-5-2-6-14-21/h1,3-4,7-12,15,20H,2,5-6,13-14H2. The molecule has 0 unspecified atom stereocenters. The first kappa shape index (κ1) is 13.7. The Morgan fingerprint density at radius 1 is 0.857 bits per heavy atom. The maximum atomic E-state index is 4.27. The van der Waals surface area contributed by atoms with E-state index in [0.29, 0.717) is 0 Å². The van der Waals surface area contributed by atoms with Gasteiger partial charge >= 0.3 is 0 Å². The lowest BCUT2D eigenvalue weighted by molar-refractivity contribution is 0.578. The molecule has 2 aromatic carbocycles. The summed E-state index contributed by atoms with van der Waals surface area (Å²) in [6, 6.07) is 18.6. The van der Waals surface area contributed by atoms with Crippen LogP contribution < -0.4 is 10.3 Å². The molecular weight excluding hydrogens is 258 g/mol. The first-order valence-electron chi connectivity index (χ1n) is 7.61. The van der Waals surface area contributed by atoms with Crippen molar-refractivity contribution in [2.75, 3.05) is 23.4 Å². The second-order valence-electron chi connectivity index (χ2n) is 5.38. The highest BCUT2D eigenvalue weighted by molar-refractivity contribution is 5.81. The van der Waals surface area contributed by atoms with Gasteiger partial charge in [0.2, 0.25) is 0 Å². The van der Waals surface area contributed by atoms with Crippen molar-refractivity contribution in [1.82, 2.24) is 0 Å². The second kappa shape index (κ2) is 6.93. The van der Waals surface area contributed by atoms with Crippen molar-refractivity contribution in [2.45, 2.75) is 19.3 Å². The molecule has 0 aromatic heterocycles. The average molecular weight is 279 g/mol. The molecule has 3 nitrogen and oxygen atoms in total. The maximum absolute atomic E-state index is 4.27. The summed E-state index contributed by atoms with van der Waals surface area (Å²) >= 11 is 0. The number of piperidine rings is 1. The minimum atomic E-state index is 0.999. The van der Waals surface area contributed by atoms with E-state index >= 15 is 0 Å². The van der Waals surface area contributed by atoms with Crippen molar-refractivity contribution in [3.05, 3.63) is 60.2 Å². The zero-order valence-corrected chi connectivity index (χ0v) is 12.2. The molecule has 0 amide bonds. The van der Waals surface area contributed by atoms with E-state index in [2.05, 4.69) is 39.7 Å². The number of hydrazone groups is 1. The smallest absolute Gasteiger partial charge is 0.0561 e. The third-order valence-corrected chi connectivity index (χ3v) is 3.80. The fourth-order valence-electron chi connectivity index (χ4n) is 2.62. The second-order valence-corrected chi connectivity index (χ2v) is 5.38. The van der Waals surface area contributed by atoms with Gasteiger partial charge in [0.25, 0.3) is 0 Å². The van der Waals surface area contributed by atoms with E-state index in [-0.39, 0.29) is 0 Å². The Bertz CT molecular complexity index is 569. The van der Waals surface area contributed by atoms with E-state index in [4.69, 9.17) is 0 Å². The van der Waals surface area contributed by atoms with E-state index in [1.165, 1.54) is 38.0 Å². The van der Waals surface area contributed by atoms with Crippen LogP contribution in [-0.2, 0) is 0 Å². The quantitative estimate of drug-likeness (QED) is 0.673. The molecule has 1 aliphatic rings. The number of hydrogen-bond donors (Lipinski definition) is 1. The van der Waals surface area contributed by atoms with E-state index in [1.807, 2.05) is 36.5 Å². The predicted octanol–water partition coefficient (Wildman–Crippen LogP) is 4.12. The first-order chi connectivity index (χ1) is 10.4. The van der Waals surface area contributed by atoms with Crippen LogP contribution in [0.3, 0.4) is 0 Å². The number of benzene rings is 2. The third-order valence-electron chi connectivity index (χ3n) is 3.80. The van der Waals surface area contributed by atoms with Crippen molar-refractivity contribution in [1.29, 1.82) is 0 Å². The van der Waals surface area contributed by atoms with Crippen molar-refractivity contribution in [2.24, 2.45) is 5.10 Å². The monoisotopic (exact) mass is 279 g/mol. The molecule has 0 spiro atoms. The molecule has 3 rings (SSSR count). The molecule has 1 N–H and O–H groups in total. The SMILES string of the molecule is C(=NNc1ccccc1)c1ccc(N2CCCCC2)cc1. The Hall–Kier alpha value is -2.29. The zero-order chi connectivity index (χ0) is 14.3. The Morgan fingerprint density at radius 3 is 2.29 bits per heavy atom. The van der Waals surface area contributed by atoms with Crippen LogP contribution in [0.15, 0.2) is 59.7 Å². The van der Waals surface area contributed by atoms with Crippen molar-refractivity contribution < 1.29 is 0 Å². The lowest BCUT2D eigenvalue weighted by Gasteiger charge is -2.28. The maximum Gasteiger partial charge on any atom is 0.0561 e. The summed E-state index contributed by atoms with van der Waals surface area (Å²) in [5.41, 5.74) is 6.46. The molecule has 21 heavy (non-hydrogen) atoms. The minimum absolute atomic E-state index is 0.999. The molecule has 0 saturated carbocycles. The van der Waals surface area contributed by atoms with E-state index < -0.39 is 0 Å². The molecule has 0 radical (unpaired) electrons. The molecule has 0 aliphatic carbocycles. The normalized spacial score (nSPS) is 15.3. The Labute approximate surface area is 126 Å². The summed E-state index contributed by atoms with van der Waals surface area (Å²) in [7, 11) is 0. The van der Waals surface area contributed by atoms with Crippen LogP contribution in [0.4, 0.5) is 11.4 Å². The summed E-state index contributed by atoms with van der Waals surface area (Å²) in [6.45, 7) is 2.37. The van der Waals surface area contributed by atoms with Crippen LogP contribution in [-0.4, -0.2) is 19.3 Å². The van der Waals surface area contributed by atoms with Crippen LogP contribution >= 0.6 is 0 Å². The molecular formula is C18H21N3. The van der Waals surface area contributed by atoms with Gasteiger partial charge in [-0.25, -0.2) is 0 Å². The predicted molar refractivity (Wildman–Crippen MR) is 90.2 cm³/mol. The van der Waals surface area contributed by atoms with Crippen LogP contribution in [0.5, 0.6) is 0 Å². The van der Waals surface area contributed by atoms with Gasteiger partial charge in [-0.1, -0.05) is 30.3 Å². The molecule has 2 aromatic rings. The highest BCUT2D eigenvalue weighted by atomic mass is 15.3. The van der Waals surface area contributed by atoms with Crippen molar-refractivity contribution in [3.8, 4) is 0 Å². The number of nitrogens with zero attached hydrogens (tertiary/aromatic N) is 2. The molecule has 108 valence electrons. The summed E-state index contributed by atoms with van der Waals surface area (Å²) in [4.78, 5) is 2.46. The van der Waals surface area contributed by atoms with Crippen LogP contribution in [0.1, 0.15) is 24.8 Å². The molecule has 1 fully saturated rings. The van der Waals surface area contributed by atoms with Gasteiger partial charge in [0.1, 0.15) is 0 Å². The van der Waals surface area contributed by atoms with Crippen LogP contribution in [0, 0.1) is 0 Å². The largest absolute Gasteiger partial charge is 0.372 e. The van der Waals surface area contributed by atoms with E-state index in [9.17, 15) is 0 Å². The van der Waals surface area contributed by atoms with Gasteiger partial charge in [-0.2, -0.15) is 5.10 Å². The number of para-hydroxylation sites is 1. The van der Waals surface area contributed by atoms with Crippen molar-refractivity contribution in [3.63, 3.8) is 0 Å². The van der Waals surface area contributed by atoms with Gasteiger partial charge in [0, 0.05) is 18.8 Å². The minimum Gasteiger partial charge on any atom is -0.372 e. The topological polar surface area (TPSA) is 27.6 Å². The lowest BCUT2D eigenvalue weighted by atomic mass is 10.1. The molecule has 1 saturated heterocycles. The summed E-state index contributed by atoms with van der Waals surface area (Å²) < 4.78 is 0. The van der Waals surface area contributed by atoms with Gasteiger partial charge in [0.05, 0.1) is 11.9 Å². The highest BCUT2D eigenvalue weighted by Gasteiger charge is 2.09. The van der Waals surface area contributed by atoms with Gasteiger partial charge < -0.3 is 4.90 Å². The molecule has 0 bridgehead atoms. The van der Waals surface area contributed by atoms with Crippen LogP contribution in [0.25, 0.3) is 0 Å². The Morgan fingerprint density at radius 2 is 1.57 bits per heavy atom. The molecule has 1 heterocycles. The van der Waals surface area contributed by atoms with Crippen molar-refractivity contribution >= 4 is 17.6 Å². The van der Waals surface area contributed by atoms with E-state index in [0.717, 1.165) is 11.3 Å². The van der Waals surface area contributed by atoms with Gasteiger partial charge in [-0.3, -0.25) is 5.43 Å². The third kappa shape index (κ3) is 3.85. The summed E-state index contributed by atoms with van der Waals surface area (Å²) in [6.07, 6.45) is 5.84. The molecule has 3 heteroatoms. The summed E-state index contributed by atoms with van der Waals surface area (Å²) in [5, 5.41) is 4.27. The Kier molecular flexibility index (Phi) is 4.52. The number of rotatable bonds is 4. The van der Waals surface area contributed by atoms with Gasteiger partial charge in [-0.05, 0) is 49.1 Å².